The van der Waals surface area contributed by atoms with Gasteiger partial charge in [0.05, 0.1) is 5.41 Å². The van der Waals surface area contributed by atoms with Crippen molar-refractivity contribution >= 4 is 0 Å². The van der Waals surface area contributed by atoms with E-state index in [2.05, 4.69) is 399 Å². The molecule has 482 valence electrons. The van der Waals surface area contributed by atoms with Crippen LogP contribution in [0.4, 0.5) is 0 Å². The quantitative estimate of drug-likeness (QED) is 0.103. The first-order chi connectivity index (χ1) is 51.0. The van der Waals surface area contributed by atoms with Crippen LogP contribution < -0.4 is 0 Å². The van der Waals surface area contributed by atoms with Gasteiger partial charge in [-0.3, -0.25) is 0 Å². The van der Waals surface area contributed by atoms with E-state index < -0.39 is 5.41 Å². The standard InChI is InChI=1S/C100H67N3/c1-9-27-68(28-10-1)77-47-78(69-29-11-2-12-30-69)52-85(51-77)89-59-90(86-53-79(70-31-13-3-14-32-70)48-80(54-86)71-33-15-4-16-34-71)62-93(61-89)100(97-44-26-25-43-95(97)96-46-45-76(65-98(96)100)99-102-66-101-67-103-99)94-63-91(87-55-81(72-35-17-5-18-36-72)49-82(56-87)73-37-19-6-20-38-73)60-92(64-94)88-57-83(74-39-21-7-22-40-74)50-84(58-88)75-41-23-8-24-42-75/h1-67H. The lowest BCUT2D eigenvalue weighted by Gasteiger charge is -2.36. The van der Waals surface area contributed by atoms with E-state index in [1.54, 1.807) is 12.7 Å². The highest BCUT2D eigenvalue weighted by atomic mass is 15.0. The fourth-order valence-corrected chi connectivity index (χ4v) is 15.5. The van der Waals surface area contributed by atoms with Crippen molar-refractivity contribution < 1.29 is 0 Å². The smallest absolute Gasteiger partial charge is 0.162 e. The SMILES string of the molecule is c1ccc(-c2cc(-c3ccccc3)cc(-c3cc(-c4cc(-c5ccccc5)cc(-c5ccccc5)c4)cc(C4(c5cc(-c6cc(-c7ccccc7)cc(-c7ccccc7)c6)cc(-c6cc(-c7ccccc7)cc(-c7ccccc7)c6)c5)c5ccccc5-c5ccc(-c6ncncn6)cc54)c3)c2)cc1. The van der Waals surface area contributed by atoms with Crippen LogP contribution in [0.1, 0.15) is 22.3 Å². The average molecular weight is 1310 g/mol. The summed E-state index contributed by atoms with van der Waals surface area (Å²) in [7, 11) is 0. The van der Waals surface area contributed by atoms with Gasteiger partial charge < -0.3 is 0 Å². The van der Waals surface area contributed by atoms with Crippen molar-refractivity contribution in [1.82, 2.24) is 15.0 Å². The van der Waals surface area contributed by atoms with E-state index in [0.29, 0.717) is 5.82 Å². The number of hydrogen-bond donors (Lipinski definition) is 0. The zero-order valence-electron chi connectivity index (χ0n) is 56.5. The lowest BCUT2D eigenvalue weighted by molar-refractivity contribution is 0.770. The molecule has 0 atom stereocenters. The Morgan fingerprint density at radius 2 is 0.369 bits per heavy atom. The second kappa shape index (κ2) is 27.0. The minimum atomic E-state index is -1.04. The van der Waals surface area contributed by atoms with Gasteiger partial charge in [-0.15, -0.1) is 0 Å². The molecule has 0 radical (unpaired) electrons. The van der Waals surface area contributed by atoms with Crippen LogP contribution in [0.2, 0.25) is 0 Å². The fourth-order valence-electron chi connectivity index (χ4n) is 15.5. The number of aromatic nitrogens is 3. The number of hydrogen-bond acceptors (Lipinski definition) is 3. The van der Waals surface area contributed by atoms with Crippen molar-refractivity contribution in [2.45, 2.75) is 5.41 Å². The van der Waals surface area contributed by atoms with Gasteiger partial charge in [0.25, 0.3) is 0 Å². The Kier molecular flexibility index (Phi) is 16.2. The summed E-state index contributed by atoms with van der Waals surface area (Å²) in [5.74, 6) is 0.598. The van der Waals surface area contributed by atoms with Crippen molar-refractivity contribution in [3.05, 3.63) is 429 Å². The van der Waals surface area contributed by atoms with Gasteiger partial charge in [0.2, 0.25) is 0 Å². The molecule has 18 rings (SSSR count). The van der Waals surface area contributed by atoms with E-state index in [1.165, 1.54) is 5.56 Å². The maximum Gasteiger partial charge on any atom is 0.162 e. The summed E-state index contributed by atoms with van der Waals surface area (Å²) >= 11 is 0. The summed E-state index contributed by atoms with van der Waals surface area (Å²) in [6.07, 6.45) is 3.20. The Bertz CT molecular complexity index is 5110. The van der Waals surface area contributed by atoms with E-state index in [0.717, 1.165) is 167 Å². The first-order valence-corrected chi connectivity index (χ1v) is 35.2. The van der Waals surface area contributed by atoms with Gasteiger partial charge in [-0.05, 0) is 282 Å². The summed E-state index contributed by atoms with van der Waals surface area (Å²) in [5, 5.41) is 0. The van der Waals surface area contributed by atoms with Gasteiger partial charge in [0.15, 0.2) is 5.82 Å². The predicted octanol–water partition coefficient (Wildman–Crippen LogP) is 25.9. The Balaban J connectivity index is 1.00. The van der Waals surface area contributed by atoms with E-state index in [4.69, 9.17) is 9.97 Å². The van der Waals surface area contributed by atoms with Gasteiger partial charge in [-0.25, -0.2) is 15.0 Å². The molecule has 1 aliphatic rings. The lowest BCUT2D eigenvalue weighted by atomic mass is 9.65. The third kappa shape index (κ3) is 12.1. The normalized spacial score (nSPS) is 12.0. The van der Waals surface area contributed by atoms with Crippen molar-refractivity contribution in [1.29, 1.82) is 0 Å². The van der Waals surface area contributed by atoms with Crippen molar-refractivity contribution in [3.63, 3.8) is 0 Å². The molecule has 0 spiro atoms. The highest BCUT2D eigenvalue weighted by Gasteiger charge is 2.47. The summed E-state index contributed by atoms with van der Waals surface area (Å²) < 4.78 is 0. The second-order valence-corrected chi connectivity index (χ2v) is 26.7. The zero-order valence-corrected chi connectivity index (χ0v) is 56.5. The van der Waals surface area contributed by atoms with Gasteiger partial charge in [-0.1, -0.05) is 279 Å². The molecule has 1 heterocycles. The minimum absolute atomic E-state index is 0.598. The van der Waals surface area contributed by atoms with Crippen LogP contribution >= 0.6 is 0 Å². The zero-order chi connectivity index (χ0) is 68.5. The molecule has 16 aromatic carbocycles. The van der Waals surface area contributed by atoms with Crippen molar-refractivity contribution in [2.24, 2.45) is 0 Å². The highest BCUT2D eigenvalue weighted by molar-refractivity contribution is 5.94. The molecular weight excluding hydrogens is 1240 g/mol. The molecular formula is C100H67N3. The Morgan fingerprint density at radius 1 is 0.155 bits per heavy atom. The number of nitrogens with zero attached hydrogens (tertiary/aromatic N) is 3. The van der Waals surface area contributed by atoms with Crippen LogP contribution in [-0.2, 0) is 5.41 Å². The molecule has 0 saturated heterocycles. The highest BCUT2D eigenvalue weighted by Crippen LogP contribution is 2.59. The van der Waals surface area contributed by atoms with Gasteiger partial charge in [0, 0.05) is 5.56 Å². The number of rotatable bonds is 15. The molecule has 0 bridgehead atoms. The van der Waals surface area contributed by atoms with E-state index in [-0.39, 0.29) is 0 Å². The van der Waals surface area contributed by atoms with Gasteiger partial charge in [-0.2, -0.15) is 0 Å². The first kappa shape index (κ1) is 61.8. The van der Waals surface area contributed by atoms with E-state index >= 15 is 0 Å². The molecule has 0 aliphatic heterocycles. The van der Waals surface area contributed by atoms with Gasteiger partial charge >= 0.3 is 0 Å². The van der Waals surface area contributed by atoms with Crippen LogP contribution in [0.5, 0.6) is 0 Å². The predicted molar refractivity (Wildman–Crippen MR) is 428 cm³/mol. The first-order valence-electron chi connectivity index (χ1n) is 35.2. The molecule has 3 heteroatoms. The van der Waals surface area contributed by atoms with E-state index in [9.17, 15) is 0 Å². The Hall–Kier alpha value is -13.5. The van der Waals surface area contributed by atoms with Crippen LogP contribution in [-0.4, -0.2) is 15.0 Å². The molecule has 0 unspecified atom stereocenters. The average Bonchev–Trinajstić information content (AvgIpc) is 1.55. The fraction of sp³-hybridized carbons (Fsp3) is 0.0100. The summed E-state index contributed by atoms with van der Waals surface area (Å²) in [6, 6.07) is 146. The molecule has 0 amide bonds. The molecule has 17 aromatic rings. The Morgan fingerprint density at radius 3 is 0.631 bits per heavy atom. The Labute approximate surface area is 601 Å². The molecule has 103 heavy (non-hydrogen) atoms. The number of benzene rings is 16. The molecule has 3 nitrogen and oxygen atoms in total. The van der Waals surface area contributed by atoms with Crippen LogP contribution in [0.25, 0.3) is 156 Å². The number of fused-ring (bicyclic) bond motifs is 3. The summed E-state index contributed by atoms with van der Waals surface area (Å²) in [6.45, 7) is 0. The third-order valence-electron chi connectivity index (χ3n) is 20.5. The molecule has 1 aromatic heterocycles. The molecule has 1 aliphatic carbocycles. The summed E-state index contributed by atoms with van der Waals surface area (Å²) in [5.41, 5.74) is 33.5. The van der Waals surface area contributed by atoms with Crippen LogP contribution in [0, 0.1) is 0 Å². The lowest BCUT2D eigenvalue weighted by Crippen LogP contribution is -2.29. The maximum atomic E-state index is 4.88. The topological polar surface area (TPSA) is 38.7 Å². The largest absolute Gasteiger partial charge is 0.225 e. The maximum absolute atomic E-state index is 4.88. The minimum Gasteiger partial charge on any atom is -0.225 e. The monoisotopic (exact) mass is 1310 g/mol. The molecule has 0 N–H and O–H groups in total. The van der Waals surface area contributed by atoms with Crippen LogP contribution in [0.15, 0.2) is 407 Å². The van der Waals surface area contributed by atoms with Crippen molar-refractivity contribution in [2.75, 3.05) is 0 Å². The van der Waals surface area contributed by atoms with Gasteiger partial charge in [0.1, 0.15) is 12.7 Å². The van der Waals surface area contributed by atoms with E-state index in [1.807, 2.05) is 0 Å². The molecule has 0 fully saturated rings. The van der Waals surface area contributed by atoms with Crippen LogP contribution in [0.3, 0.4) is 0 Å². The van der Waals surface area contributed by atoms with Crippen molar-refractivity contribution in [3.8, 4) is 156 Å². The second-order valence-electron chi connectivity index (χ2n) is 26.7. The summed E-state index contributed by atoms with van der Waals surface area (Å²) in [4.78, 5) is 14.1. The molecule has 0 saturated carbocycles. The third-order valence-corrected chi connectivity index (χ3v) is 20.5.